The number of methoxy groups -OCH3 is 1. The van der Waals surface area contributed by atoms with Gasteiger partial charge < -0.3 is 14.8 Å². The number of aromatic nitrogens is 6. The van der Waals surface area contributed by atoms with Gasteiger partial charge in [-0.1, -0.05) is 16.8 Å². The Balaban J connectivity index is 0.00000323. The zero-order valence-corrected chi connectivity index (χ0v) is 23.6. The van der Waals surface area contributed by atoms with Gasteiger partial charge in [-0.15, -0.1) is 17.5 Å². The molecule has 2 aliphatic rings. The van der Waals surface area contributed by atoms with Crippen LogP contribution in [-0.2, 0) is 4.74 Å². The first-order valence-corrected chi connectivity index (χ1v) is 13.3. The Bertz CT molecular complexity index is 1490. The number of halogens is 4. The molecule has 1 aliphatic carbocycles. The predicted molar refractivity (Wildman–Crippen MR) is 147 cm³/mol. The van der Waals surface area contributed by atoms with Gasteiger partial charge in [0.15, 0.2) is 0 Å². The molecule has 0 bridgehead atoms. The fourth-order valence-corrected chi connectivity index (χ4v) is 5.64. The standard InChI is InChI=1S/C26H29ClF2N8O2.ClH/c1-15-25(33-34-37(15)19-10-18(11-19)35-5-3-30-4-6-35)16-7-23-31-13-22(27)36(23)24(8-16)39-14-21(38-2)26-20(29)9-17(28)12-32-26;/h7-9,12-13,18-19,21,30H,3-6,10-11,14H2,1-2H3;1H. The molecule has 1 atom stereocenters. The monoisotopic (exact) mass is 594 g/mol. The summed E-state index contributed by atoms with van der Waals surface area (Å²) in [4.78, 5) is 10.8. The van der Waals surface area contributed by atoms with Gasteiger partial charge in [0.05, 0.1) is 24.1 Å². The van der Waals surface area contributed by atoms with E-state index in [0.717, 1.165) is 68.2 Å². The van der Waals surface area contributed by atoms with E-state index in [4.69, 9.17) is 21.1 Å². The van der Waals surface area contributed by atoms with Crippen LogP contribution in [0, 0.1) is 18.6 Å². The van der Waals surface area contributed by atoms with E-state index >= 15 is 0 Å². The number of fused-ring (bicyclic) bond motifs is 1. The topological polar surface area (TPSA) is 94.6 Å². The van der Waals surface area contributed by atoms with E-state index < -0.39 is 17.7 Å². The minimum absolute atomic E-state index is 0. The van der Waals surface area contributed by atoms with Crippen molar-refractivity contribution in [1.82, 2.24) is 39.6 Å². The van der Waals surface area contributed by atoms with Gasteiger partial charge in [0, 0.05) is 57.0 Å². The maximum absolute atomic E-state index is 14.3. The van der Waals surface area contributed by atoms with Crippen molar-refractivity contribution in [1.29, 1.82) is 0 Å². The first kappa shape index (κ1) is 28.6. The van der Waals surface area contributed by atoms with Crippen LogP contribution in [0.2, 0.25) is 5.15 Å². The van der Waals surface area contributed by atoms with Crippen LogP contribution in [0.25, 0.3) is 16.9 Å². The van der Waals surface area contributed by atoms with Crippen molar-refractivity contribution in [2.45, 2.75) is 38.0 Å². The molecule has 1 saturated heterocycles. The van der Waals surface area contributed by atoms with Crippen molar-refractivity contribution in [2.75, 3.05) is 39.9 Å². The lowest BCUT2D eigenvalue weighted by molar-refractivity contribution is 0.0497. The molecule has 1 unspecified atom stereocenters. The fourth-order valence-electron chi connectivity index (χ4n) is 5.43. The smallest absolute Gasteiger partial charge is 0.201 e. The van der Waals surface area contributed by atoms with Crippen LogP contribution < -0.4 is 10.1 Å². The Kier molecular flexibility index (Phi) is 8.52. The fraction of sp³-hybridized carbons (Fsp3) is 0.462. The van der Waals surface area contributed by atoms with Crippen LogP contribution in [0.5, 0.6) is 5.88 Å². The minimum Gasteiger partial charge on any atom is -0.475 e. The Hall–Kier alpha value is -2.90. The molecule has 14 heteroatoms. The number of nitrogens with one attached hydrogen (secondary N) is 1. The summed E-state index contributed by atoms with van der Waals surface area (Å²) in [6.07, 6.45) is 3.70. The molecule has 0 radical (unpaired) electrons. The molecule has 1 N–H and O–H groups in total. The minimum atomic E-state index is -0.878. The third-order valence-corrected chi connectivity index (χ3v) is 7.91. The van der Waals surface area contributed by atoms with E-state index in [2.05, 4.69) is 30.5 Å². The molecule has 0 aromatic carbocycles. The summed E-state index contributed by atoms with van der Waals surface area (Å²) in [5, 5.41) is 12.8. The number of rotatable bonds is 8. The lowest BCUT2D eigenvalue weighted by atomic mass is 9.85. The van der Waals surface area contributed by atoms with Gasteiger partial charge in [0.2, 0.25) is 5.88 Å². The zero-order valence-electron chi connectivity index (χ0n) is 22.1. The Morgan fingerprint density at radius 3 is 2.60 bits per heavy atom. The number of nitrogens with zero attached hydrogens (tertiary/aromatic N) is 7. The number of hydrogen-bond donors (Lipinski definition) is 1. The SMILES string of the molecule is COC(COc1cc(-c2nnn(C3CC(N4CCNCC4)C3)c2C)cc2ncc(Cl)n12)c1ncc(F)cc1F.Cl. The summed E-state index contributed by atoms with van der Waals surface area (Å²) in [6.45, 7) is 6.17. The van der Waals surface area contributed by atoms with Crippen LogP contribution >= 0.6 is 24.0 Å². The van der Waals surface area contributed by atoms with Crippen molar-refractivity contribution < 1.29 is 18.3 Å². The molecule has 0 spiro atoms. The van der Waals surface area contributed by atoms with E-state index in [1.165, 1.54) is 13.3 Å². The third-order valence-electron chi connectivity index (χ3n) is 7.64. The van der Waals surface area contributed by atoms with Crippen LogP contribution in [-0.4, -0.2) is 80.2 Å². The summed E-state index contributed by atoms with van der Waals surface area (Å²) in [5.41, 5.74) is 2.95. The number of hydrogen-bond acceptors (Lipinski definition) is 8. The largest absolute Gasteiger partial charge is 0.475 e. The first-order chi connectivity index (χ1) is 18.9. The van der Waals surface area contributed by atoms with Gasteiger partial charge in [-0.05, 0) is 25.8 Å². The first-order valence-electron chi connectivity index (χ1n) is 12.9. The second-order valence-electron chi connectivity index (χ2n) is 9.95. The Morgan fingerprint density at radius 1 is 1.10 bits per heavy atom. The highest BCUT2D eigenvalue weighted by molar-refractivity contribution is 6.29. The molecule has 5 heterocycles. The number of piperazine rings is 1. The number of pyridine rings is 2. The van der Waals surface area contributed by atoms with Gasteiger partial charge in [0.1, 0.15) is 46.5 Å². The normalized spacial score (nSPS) is 20.2. The van der Waals surface area contributed by atoms with E-state index in [0.29, 0.717) is 28.8 Å². The molecule has 1 saturated carbocycles. The van der Waals surface area contributed by atoms with Crippen molar-refractivity contribution >= 4 is 29.7 Å². The van der Waals surface area contributed by atoms with Crippen LogP contribution in [0.4, 0.5) is 8.78 Å². The lowest BCUT2D eigenvalue weighted by Crippen LogP contribution is -2.53. The van der Waals surface area contributed by atoms with Crippen LogP contribution in [0.15, 0.2) is 30.6 Å². The number of imidazole rings is 1. The molecular weight excluding hydrogens is 565 g/mol. The van der Waals surface area contributed by atoms with E-state index in [1.54, 1.807) is 10.5 Å². The summed E-state index contributed by atoms with van der Waals surface area (Å²) in [5.74, 6) is -1.21. The molecule has 4 aromatic heterocycles. The zero-order chi connectivity index (χ0) is 27.1. The quantitative estimate of drug-likeness (QED) is 0.327. The lowest BCUT2D eigenvalue weighted by Gasteiger charge is -2.44. The third kappa shape index (κ3) is 5.38. The van der Waals surface area contributed by atoms with Crippen molar-refractivity contribution in [3.63, 3.8) is 0 Å². The van der Waals surface area contributed by atoms with Gasteiger partial charge in [-0.3, -0.25) is 14.3 Å². The van der Waals surface area contributed by atoms with E-state index in [9.17, 15) is 8.78 Å². The second kappa shape index (κ2) is 11.9. The Labute approximate surface area is 241 Å². The summed E-state index contributed by atoms with van der Waals surface area (Å²) in [6, 6.07) is 5.33. The maximum atomic E-state index is 14.3. The van der Waals surface area contributed by atoms with E-state index in [-0.39, 0.29) is 24.7 Å². The van der Waals surface area contributed by atoms with Gasteiger partial charge in [-0.25, -0.2) is 18.4 Å². The maximum Gasteiger partial charge on any atom is 0.201 e. The summed E-state index contributed by atoms with van der Waals surface area (Å²) >= 11 is 6.40. The summed E-state index contributed by atoms with van der Waals surface area (Å²) in [7, 11) is 1.41. The van der Waals surface area contributed by atoms with E-state index in [1.807, 2.05) is 17.7 Å². The Morgan fingerprint density at radius 2 is 1.88 bits per heavy atom. The molecule has 40 heavy (non-hydrogen) atoms. The highest BCUT2D eigenvalue weighted by Crippen LogP contribution is 2.38. The molecule has 4 aromatic rings. The van der Waals surface area contributed by atoms with Crippen LogP contribution in [0.3, 0.4) is 0 Å². The van der Waals surface area contributed by atoms with Crippen molar-refractivity contribution in [3.05, 3.63) is 58.8 Å². The van der Waals surface area contributed by atoms with Gasteiger partial charge in [0.25, 0.3) is 0 Å². The molecule has 0 amide bonds. The molecule has 6 rings (SSSR count). The molecule has 2 fully saturated rings. The molecular formula is C26H30Cl2F2N8O2. The van der Waals surface area contributed by atoms with Crippen molar-refractivity contribution in [2.24, 2.45) is 0 Å². The molecule has 10 nitrogen and oxygen atoms in total. The molecule has 1 aliphatic heterocycles. The van der Waals surface area contributed by atoms with Gasteiger partial charge in [-0.2, -0.15) is 0 Å². The predicted octanol–water partition coefficient (Wildman–Crippen LogP) is 4.02. The highest BCUT2D eigenvalue weighted by atomic mass is 35.5. The average Bonchev–Trinajstić information content (AvgIpc) is 3.47. The van der Waals surface area contributed by atoms with Crippen LogP contribution in [0.1, 0.15) is 36.4 Å². The van der Waals surface area contributed by atoms with Crippen molar-refractivity contribution in [3.8, 4) is 17.1 Å². The average molecular weight is 595 g/mol. The molecule has 214 valence electrons. The second-order valence-corrected chi connectivity index (χ2v) is 10.3. The summed E-state index contributed by atoms with van der Waals surface area (Å²) < 4.78 is 42.8. The number of ether oxygens (including phenoxy) is 2. The highest BCUT2D eigenvalue weighted by Gasteiger charge is 2.37. The van der Waals surface area contributed by atoms with Gasteiger partial charge >= 0.3 is 0 Å².